The van der Waals surface area contributed by atoms with Crippen LogP contribution in [0.5, 0.6) is 0 Å². The maximum absolute atomic E-state index is 12.5. The van der Waals surface area contributed by atoms with Crippen molar-refractivity contribution in [2.45, 2.75) is 26.8 Å². The molecule has 134 valence electrons. The number of para-hydroxylation sites is 1. The molecule has 8 heteroatoms. The molecule has 2 N–H and O–H groups in total. The highest BCUT2D eigenvalue weighted by Crippen LogP contribution is 2.05. The number of H-pyrrole nitrogens is 1. The van der Waals surface area contributed by atoms with Crippen LogP contribution in [-0.4, -0.2) is 44.5 Å². The van der Waals surface area contributed by atoms with Crippen LogP contribution in [0.4, 0.5) is 0 Å². The molecule has 0 unspecified atom stereocenters. The quantitative estimate of drug-likeness (QED) is 0.763. The Morgan fingerprint density at radius 3 is 2.56 bits per heavy atom. The number of hydrogen-bond donors (Lipinski definition) is 2. The molecule has 0 aliphatic rings. The van der Waals surface area contributed by atoms with E-state index in [0.29, 0.717) is 17.4 Å². The number of nitrogens with one attached hydrogen (secondary N) is 1. The Kier molecular flexibility index (Phi) is 5.74. The number of rotatable bonds is 7. The minimum atomic E-state index is -1.01. The van der Waals surface area contributed by atoms with Gasteiger partial charge in [0.2, 0.25) is 5.91 Å². The number of aliphatic carboxylic acids is 1. The van der Waals surface area contributed by atoms with E-state index in [1.165, 1.54) is 4.90 Å². The van der Waals surface area contributed by atoms with E-state index in [9.17, 15) is 19.2 Å². The standard InChI is InChI=1S/C17H21N3O5/c1-11(2)9-19(8-7-15(22)23)14(21)10-20-16(24)12-5-3-4-6-13(12)18-17(20)25/h3-6,11H,7-10H2,1-2H3,(H,18,25)(H,22,23). The summed E-state index contributed by atoms with van der Waals surface area (Å²) in [5.74, 6) is -1.34. The second-order valence-electron chi connectivity index (χ2n) is 6.24. The molecule has 1 amide bonds. The van der Waals surface area contributed by atoms with Gasteiger partial charge in [-0.05, 0) is 18.1 Å². The first kappa shape index (κ1) is 18.4. The molecule has 1 heterocycles. The molecule has 2 rings (SSSR count). The van der Waals surface area contributed by atoms with Crippen molar-refractivity contribution in [1.82, 2.24) is 14.5 Å². The summed E-state index contributed by atoms with van der Waals surface area (Å²) in [5.41, 5.74) is -0.804. The maximum Gasteiger partial charge on any atom is 0.329 e. The van der Waals surface area contributed by atoms with Crippen LogP contribution in [0.3, 0.4) is 0 Å². The molecule has 8 nitrogen and oxygen atoms in total. The molecule has 0 fully saturated rings. The van der Waals surface area contributed by atoms with Crippen LogP contribution in [0.25, 0.3) is 10.9 Å². The summed E-state index contributed by atoms with van der Waals surface area (Å²) in [7, 11) is 0. The normalized spacial score (nSPS) is 11.0. The van der Waals surface area contributed by atoms with Gasteiger partial charge < -0.3 is 15.0 Å². The second-order valence-corrected chi connectivity index (χ2v) is 6.24. The molecule has 0 radical (unpaired) electrons. The summed E-state index contributed by atoms with van der Waals surface area (Å²) in [4.78, 5) is 51.9. The first-order valence-corrected chi connectivity index (χ1v) is 8.01. The van der Waals surface area contributed by atoms with Gasteiger partial charge in [0.05, 0.1) is 17.3 Å². The van der Waals surface area contributed by atoms with Crippen LogP contribution in [0.1, 0.15) is 20.3 Å². The van der Waals surface area contributed by atoms with E-state index < -0.39 is 29.7 Å². The van der Waals surface area contributed by atoms with Gasteiger partial charge in [-0.25, -0.2) is 4.79 Å². The summed E-state index contributed by atoms with van der Waals surface area (Å²) < 4.78 is 0.846. The average molecular weight is 347 g/mol. The predicted molar refractivity (Wildman–Crippen MR) is 92.5 cm³/mol. The number of aromatic amines is 1. The van der Waals surface area contributed by atoms with E-state index in [2.05, 4.69) is 4.98 Å². The lowest BCUT2D eigenvalue weighted by Gasteiger charge is -2.24. The van der Waals surface area contributed by atoms with Gasteiger partial charge in [0.15, 0.2) is 0 Å². The molecule has 0 saturated heterocycles. The lowest BCUT2D eigenvalue weighted by atomic mass is 10.2. The number of fused-ring (bicyclic) bond motifs is 1. The smallest absolute Gasteiger partial charge is 0.329 e. The number of carboxylic acids is 1. The molecular formula is C17H21N3O5. The minimum absolute atomic E-state index is 0.0343. The maximum atomic E-state index is 12.5. The number of amides is 1. The van der Waals surface area contributed by atoms with Crippen LogP contribution < -0.4 is 11.2 Å². The van der Waals surface area contributed by atoms with Gasteiger partial charge in [-0.1, -0.05) is 26.0 Å². The molecule has 1 aromatic carbocycles. The van der Waals surface area contributed by atoms with Crippen molar-refractivity contribution in [3.63, 3.8) is 0 Å². The van der Waals surface area contributed by atoms with Crippen LogP contribution in [-0.2, 0) is 16.1 Å². The zero-order valence-corrected chi connectivity index (χ0v) is 14.2. The number of carbonyl (C=O) groups is 2. The van der Waals surface area contributed by atoms with Gasteiger partial charge in [0.25, 0.3) is 5.56 Å². The summed E-state index contributed by atoms with van der Waals surface area (Å²) >= 11 is 0. The van der Waals surface area contributed by atoms with Crippen molar-refractivity contribution < 1.29 is 14.7 Å². The van der Waals surface area contributed by atoms with Crippen LogP contribution in [0, 0.1) is 5.92 Å². The van der Waals surface area contributed by atoms with Crippen molar-refractivity contribution in [3.05, 3.63) is 45.1 Å². The molecule has 0 bridgehead atoms. The predicted octanol–water partition coefficient (Wildman–Crippen LogP) is 0.649. The first-order valence-electron chi connectivity index (χ1n) is 8.01. The number of aromatic nitrogens is 2. The largest absolute Gasteiger partial charge is 0.481 e. The zero-order valence-electron chi connectivity index (χ0n) is 14.2. The molecular weight excluding hydrogens is 326 g/mol. The van der Waals surface area contributed by atoms with E-state index >= 15 is 0 Å². The Morgan fingerprint density at radius 1 is 1.24 bits per heavy atom. The average Bonchev–Trinajstić information content (AvgIpc) is 2.54. The number of benzene rings is 1. The fourth-order valence-electron chi connectivity index (χ4n) is 2.57. The Bertz CT molecular complexity index is 897. The van der Waals surface area contributed by atoms with E-state index in [-0.39, 0.29) is 18.9 Å². The van der Waals surface area contributed by atoms with Gasteiger partial charge in [-0.15, -0.1) is 0 Å². The number of carbonyl (C=O) groups excluding carboxylic acids is 1. The van der Waals surface area contributed by atoms with Crippen molar-refractivity contribution in [2.24, 2.45) is 5.92 Å². The molecule has 0 aliphatic heterocycles. The molecule has 2 aromatic rings. The Labute approximate surface area is 143 Å². The molecule has 0 saturated carbocycles. The number of carboxylic acid groups (broad SMARTS) is 1. The number of nitrogens with zero attached hydrogens (tertiary/aromatic N) is 2. The molecule has 0 aliphatic carbocycles. The summed E-state index contributed by atoms with van der Waals surface area (Å²) in [5, 5.41) is 9.14. The van der Waals surface area contributed by atoms with Crippen LogP contribution in [0.2, 0.25) is 0 Å². The van der Waals surface area contributed by atoms with E-state index in [4.69, 9.17) is 5.11 Å². The van der Waals surface area contributed by atoms with Crippen LogP contribution in [0.15, 0.2) is 33.9 Å². The highest BCUT2D eigenvalue weighted by molar-refractivity contribution is 5.79. The summed E-state index contributed by atoms with van der Waals surface area (Å²) in [6.07, 6.45) is -0.193. The SMILES string of the molecule is CC(C)CN(CCC(=O)O)C(=O)Cn1c(=O)[nH]c2ccccc2c1=O. The van der Waals surface area contributed by atoms with Gasteiger partial charge in [-0.2, -0.15) is 0 Å². The third-order valence-electron chi connectivity index (χ3n) is 3.72. The molecule has 0 atom stereocenters. The number of hydrogen-bond acceptors (Lipinski definition) is 4. The van der Waals surface area contributed by atoms with Crippen molar-refractivity contribution in [2.75, 3.05) is 13.1 Å². The molecule has 1 aromatic heterocycles. The lowest BCUT2D eigenvalue weighted by Crippen LogP contribution is -2.44. The van der Waals surface area contributed by atoms with E-state index in [0.717, 1.165) is 4.57 Å². The Hall–Kier alpha value is -2.90. The highest BCUT2D eigenvalue weighted by Gasteiger charge is 2.19. The third-order valence-corrected chi connectivity index (χ3v) is 3.72. The third kappa shape index (κ3) is 4.56. The Balaban J connectivity index is 2.31. The minimum Gasteiger partial charge on any atom is -0.481 e. The van der Waals surface area contributed by atoms with Gasteiger partial charge in [0.1, 0.15) is 6.54 Å². The van der Waals surface area contributed by atoms with Crippen molar-refractivity contribution in [3.8, 4) is 0 Å². The van der Waals surface area contributed by atoms with Gasteiger partial charge >= 0.3 is 11.7 Å². The van der Waals surface area contributed by atoms with E-state index in [1.807, 2.05) is 13.8 Å². The fourth-order valence-corrected chi connectivity index (χ4v) is 2.57. The van der Waals surface area contributed by atoms with Crippen molar-refractivity contribution >= 4 is 22.8 Å². The highest BCUT2D eigenvalue weighted by atomic mass is 16.4. The monoisotopic (exact) mass is 347 g/mol. The summed E-state index contributed by atoms with van der Waals surface area (Å²) in [6.45, 7) is 3.76. The van der Waals surface area contributed by atoms with E-state index in [1.54, 1.807) is 24.3 Å². The second kappa shape index (κ2) is 7.78. The topological polar surface area (TPSA) is 112 Å². The van der Waals surface area contributed by atoms with Crippen molar-refractivity contribution in [1.29, 1.82) is 0 Å². The first-order chi connectivity index (χ1) is 11.8. The molecule has 0 spiro atoms. The van der Waals surface area contributed by atoms with Gasteiger partial charge in [0, 0.05) is 13.1 Å². The Morgan fingerprint density at radius 2 is 1.92 bits per heavy atom. The molecule has 25 heavy (non-hydrogen) atoms. The lowest BCUT2D eigenvalue weighted by molar-refractivity contribution is -0.138. The zero-order chi connectivity index (χ0) is 18.6. The van der Waals surface area contributed by atoms with Gasteiger partial charge in [-0.3, -0.25) is 19.0 Å². The van der Waals surface area contributed by atoms with Crippen LogP contribution >= 0.6 is 0 Å². The fraction of sp³-hybridized carbons (Fsp3) is 0.412. The summed E-state index contributed by atoms with van der Waals surface area (Å²) in [6, 6.07) is 6.56.